The molecule has 2 aromatic rings. The van der Waals surface area contributed by atoms with E-state index in [-0.39, 0.29) is 17.7 Å². The molecule has 0 atom stereocenters. The van der Waals surface area contributed by atoms with Crippen LogP contribution in [0, 0.1) is 0 Å². The van der Waals surface area contributed by atoms with Gasteiger partial charge in [-0.3, -0.25) is 14.5 Å². The second-order valence-electron chi connectivity index (χ2n) is 10.5. The van der Waals surface area contributed by atoms with Gasteiger partial charge in [0.05, 0.1) is 18.8 Å². The maximum atomic E-state index is 13.6. The lowest BCUT2D eigenvalue weighted by atomic mass is 10.0. The molecule has 1 aromatic carbocycles. The van der Waals surface area contributed by atoms with Crippen LogP contribution in [0.1, 0.15) is 86.1 Å². The van der Waals surface area contributed by atoms with E-state index >= 15 is 0 Å². The maximum Gasteiger partial charge on any atom is 0.257 e. The highest BCUT2D eigenvalue weighted by Gasteiger charge is 2.23. The van der Waals surface area contributed by atoms with Crippen LogP contribution in [0.15, 0.2) is 30.6 Å². The summed E-state index contributed by atoms with van der Waals surface area (Å²) in [7, 11) is 0. The number of morpholine rings is 1. The van der Waals surface area contributed by atoms with E-state index in [9.17, 15) is 9.59 Å². The number of fused-ring (bicyclic) bond motifs is 1. The smallest absolute Gasteiger partial charge is 0.257 e. The second kappa shape index (κ2) is 13.1. The van der Waals surface area contributed by atoms with Crippen molar-refractivity contribution in [3.05, 3.63) is 53.1 Å². The van der Waals surface area contributed by atoms with Crippen molar-refractivity contribution in [2.45, 2.75) is 71.9 Å². The Morgan fingerprint density at radius 1 is 0.946 bits per heavy atom. The quantitative estimate of drug-likeness (QED) is 0.611. The summed E-state index contributed by atoms with van der Waals surface area (Å²) in [5.41, 5.74) is 3.59. The SMILES string of the molecule is CC(=O)N1CCCCCCCN(C(=O)c2cnc(C(C)C)nc2)Cc2ccc(CN3CCOCC3)cc21. The number of carbonyl (C=O) groups is 2. The number of anilines is 1. The zero-order chi connectivity index (χ0) is 26.2. The molecule has 1 saturated heterocycles. The molecule has 0 aliphatic carbocycles. The molecule has 2 amide bonds. The highest BCUT2D eigenvalue weighted by molar-refractivity contribution is 5.94. The van der Waals surface area contributed by atoms with E-state index in [0.717, 1.165) is 82.0 Å². The van der Waals surface area contributed by atoms with Gasteiger partial charge >= 0.3 is 0 Å². The van der Waals surface area contributed by atoms with Gasteiger partial charge in [-0.15, -0.1) is 0 Å². The lowest BCUT2D eigenvalue weighted by molar-refractivity contribution is -0.116. The topological polar surface area (TPSA) is 78.9 Å². The molecule has 1 fully saturated rings. The summed E-state index contributed by atoms with van der Waals surface area (Å²) in [5, 5.41) is 0. The largest absolute Gasteiger partial charge is 0.379 e. The Bertz CT molecular complexity index is 1050. The number of hydrogen-bond acceptors (Lipinski definition) is 6. The Morgan fingerprint density at radius 2 is 1.62 bits per heavy atom. The van der Waals surface area contributed by atoms with Crippen molar-refractivity contribution in [1.82, 2.24) is 19.8 Å². The van der Waals surface area contributed by atoms with Gasteiger partial charge in [0, 0.05) is 70.2 Å². The Kier molecular flexibility index (Phi) is 9.63. The molecule has 0 saturated carbocycles. The van der Waals surface area contributed by atoms with Crippen molar-refractivity contribution in [2.75, 3.05) is 44.3 Å². The van der Waals surface area contributed by atoms with Crippen molar-refractivity contribution in [2.24, 2.45) is 0 Å². The minimum Gasteiger partial charge on any atom is -0.379 e. The third-order valence-corrected chi connectivity index (χ3v) is 7.22. The summed E-state index contributed by atoms with van der Waals surface area (Å²) < 4.78 is 5.50. The fraction of sp³-hybridized carbons (Fsp3) is 0.586. The van der Waals surface area contributed by atoms with Crippen LogP contribution in [0.3, 0.4) is 0 Å². The molecule has 2 aliphatic rings. The zero-order valence-electron chi connectivity index (χ0n) is 22.6. The van der Waals surface area contributed by atoms with Crippen molar-refractivity contribution < 1.29 is 14.3 Å². The van der Waals surface area contributed by atoms with Crippen LogP contribution in [0.25, 0.3) is 0 Å². The average Bonchev–Trinajstić information content (AvgIpc) is 2.89. The van der Waals surface area contributed by atoms with Gasteiger partial charge in [0.25, 0.3) is 5.91 Å². The molecule has 4 rings (SSSR count). The standard InChI is InChI=1S/C29H41N5O3/c1-22(2)28-30-18-26(19-31-28)29(36)33-11-7-5-4-6-8-12-34(23(3)35)27-17-24(9-10-25(27)21-33)20-32-13-15-37-16-14-32/h9-10,17-19,22H,4-8,11-16,20-21H2,1-3H3. The Labute approximate surface area is 221 Å². The molecule has 0 spiro atoms. The number of amides is 2. The first-order valence-electron chi connectivity index (χ1n) is 13.7. The third-order valence-electron chi connectivity index (χ3n) is 7.22. The Morgan fingerprint density at radius 3 is 2.30 bits per heavy atom. The molecule has 0 N–H and O–H groups in total. The Hall–Kier alpha value is -2.84. The van der Waals surface area contributed by atoms with Crippen LogP contribution in [0.5, 0.6) is 0 Å². The minimum absolute atomic E-state index is 0.0392. The first-order chi connectivity index (χ1) is 17.9. The molecular formula is C29H41N5O3. The van der Waals surface area contributed by atoms with Crippen LogP contribution < -0.4 is 4.90 Å². The Balaban J connectivity index is 1.64. The average molecular weight is 508 g/mol. The van der Waals surface area contributed by atoms with Gasteiger partial charge in [0.2, 0.25) is 5.91 Å². The number of hydrogen-bond donors (Lipinski definition) is 0. The van der Waals surface area contributed by atoms with Crippen LogP contribution in [0.2, 0.25) is 0 Å². The van der Waals surface area contributed by atoms with E-state index in [4.69, 9.17) is 4.74 Å². The minimum atomic E-state index is -0.0647. The third kappa shape index (κ3) is 7.36. The molecule has 200 valence electrons. The van der Waals surface area contributed by atoms with E-state index in [1.54, 1.807) is 19.3 Å². The van der Waals surface area contributed by atoms with Crippen molar-refractivity contribution in [3.8, 4) is 0 Å². The van der Waals surface area contributed by atoms with Crippen LogP contribution in [0.4, 0.5) is 5.69 Å². The second-order valence-corrected chi connectivity index (χ2v) is 10.5. The molecular weight excluding hydrogens is 466 g/mol. The number of benzene rings is 1. The molecule has 8 nitrogen and oxygen atoms in total. The fourth-order valence-corrected chi connectivity index (χ4v) is 5.05. The first-order valence-corrected chi connectivity index (χ1v) is 13.7. The summed E-state index contributed by atoms with van der Waals surface area (Å²) in [6, 6.07) is 6.40. The lowest BCUT2D eigenvalue weighted by Gasteiger charge is -2.30. The van der Waals surface area contributed by atoms with Gasteiger partial charge in [0.1, 0.15) is 5.82 Å². The van der Waals surface area contributed by atoms with E-state index in [0.29, 0.717) is 25.2 Å². The number of carbonyl (C=O) groups excluding carboxylic acids is 2. The van der Waals surface area contributed by atoms with E-state index < -0.39 is 0 Å². The molecule has 0 unspecified atom stereocenters. The number of ether oxygens (including phenoxy) is 1. The summed E-state index contributed by atoms with van der Waals surface area (Å²) in [4.78, 5) is 41.4. The monoisotopic (exact) mass is 507 g/mol. The predicted octanol–water partition coefficient (Wildman–Crippen LogP) is 4.39. The van der Waals surface area contributed by atoms with Crippen molar-refractivity contribution in [3.63, 3.8) is 0 Å². The number of nitrogens with zero attached hydrogens (tertiary/aromatic N) is 5. The van der Waals surface area contributed by atoms with E-state index in [1.165, 1.54) is 5.56 Å². The fourth-order valence-electron chi connectivity index (χ4n) is 5.05. The lowest BCUT2D eigenvalue weighted by Crippen LogP contribution is -2.36. The van der Waals surface area contributed by atoms with Gasteiger partial charge in [0.15, 0.2) is 0 Å². The highest BCUT2D eigenvalue weighted by atomic mass is 16.5. The van der Waals surface area contributed by atoms with E-state index in [2.05, 4.69) is 33.1 Å². The van der Waals surface area contributed by atoms with Gasteiger partial charge in [-0.05, 0) is 30.0 Å². The summed E-state index contributed by atoms with van der Waals surface area (Å²) in [6.07, 6.45) is 8.48. The molecule has 2 aliphatic heterocycles. The van der Waals surface area contributed by atoms with Gasteiger partial charge < -0.3 is 14.5 Å². The van der Waals surface area contributed by atoms with E-state index in [1.807, 2.05) is 23.6 Å². The van der Waals surface area contributed by atoms with Gasteiger partial charge in [-0.1, -0.05) is 45.2 Å². The predicted molar refractivity (Wildman–Crippen MR) is 145 cm³/mol. The molecule has 0 radical (unpaired) electrons. The van der Waals surface area contributed by atoms with Crippen molar-refractivity contribution >= 4 is 17.5 Å². The number of rotatable bonds is 4. The number of aromatic nitrogens is 2. The molecule has 1 aromatic heterocycles. The normalized spacial score (nSPS) is 18.2. The zero-order valence-corrected chi connectivity index (χ0v) is 22.6. The van der Waals surface area contributed by atoms with Gasteiger partial charge in [-0.2, -0.15) is 0 Å². The molecule has 37 heavy (non-hydrogen) atoms. The molecule has 0 bridgehead atoms. The summed E-state index contributed by atoms with van der Waals surface area (Å²) in [6.45, 7) is 11.7. The van der Waals surface area contributed by atoms with Crippen LogP contribution >= 0.6 is 0 Å². The van der Waals surface area contributed by atoms with Crippen LogP contribution in [-0.4, -0.2) is 71.0 Å². The highest BCUT2D eigenvalue weighted by Crippen LogP contribution is 2.27. The molecule has 3 heterocycles. The summed E-state index contributed by atoms with van der Waals surface area (Å²) >= 11 is 0. The summed E-state index contributed by atoms with van der Waals surface area (Å²) in [5.74, 6) is 0.921. The van der Waals surface area contributed by atoms with Crippen LogP contribution in [-0.2, 0) is 22.6 Å². The first kappa shape index (κ1) is 27.2. The van der Waals surface area contributed by atoms with Crippen molar-refractivity contribution in [1.29, 1.82) is 0 Å². The molecule has 8 heteroatoms. The van der Waals surface area contributed by atoms with Gasteiger partial charge in [-0.25, -0.2) is 9.97 Å². The maximum absolute atomic E-state index is 13.6.